The van der Waals surface area contributed by atoms with Crippen LogP contribution in [0.25, 0.3) is 0 Å². The van der Waals surface area contributed by atoms with Crippen molar-refractivity contribution in [3.8, 4) is 11.5 Å². The van der Waals surface area contributed by atoms with Crippen molar-refractivity contribution in [3.05, 3.63) is 40.2 Å². The molecule has 3 rings (SSSR count). The highest BCUT2D eigenvalue weighted by Gasteiger charge is 2.29. The Bertz CT molecular complexity index is 831. The van der Waals surface area contributed by atoms with E-state index in [-0.39, 0.29) is 0 Å². The second-order valence-electron chi connectivity index (χ2n) is 6.18. The van der Waals surface area contributed by atoms with Crippen LogP contribution in [-0.4, -0.2) is 64.1 Å². The topological polar surface area (TPSA) is 59.1 Å². The maximum Gasteiger partial charge on any atom is 0.252 e. The molecule has 1 aromatic carbocycles. The summed E-state index contributed by atoms with van der Waals surface area (Å²) in [5.74, 6) is 1.64. The molecule has 1 saturated heterocycles. The predicted molar refractivity (Wildman–Crippen MR) is 110 cm³/mol. The molecule has 0 amide bonds. The van der Waals surface area contributed by atoms with Gasteiger partial charge >= 0.3 is 0 Å². The Hall–Kier alpha value is -1.13. The van der Waals surface area contributed by atoms with Crippen molar-refractivity contribution in [2.24, 2.45) is 0 Å². The Kier molecular flexibility index (Phi) is 7.16. The lowest BCUT2D eigenvalue weighted by Gasteiger charge is -2.33. The quantitative estimate of drug-likeness (QED) is 0.549. The summed E-state index contributed by atoms with van der Waals surface area (Å²) < 4.78 is 39.0. The van der Waals surface area contributed by atoms with Crippen LogP contribution in [0.1, 0.15) is 6.42 Å². The molecule has 2 heterocycles. The van der Waals surface area contributed by atoms with Gasteiger partial charge in [0.05, 0.1) is 17.5 Å². The van der Waals surface area contributed by atoms with E-state index in [2.05, 4.69) is 20.8 Å². The van der Waals surface area contributed by atoms with Crippen LogP contribution < -0.4 is 9.47 Å². The van der Waals surface area contributed by atoms with Crippen LogP contribution in [0.4, 0.5) is 0 Å². The third-order valence-corrected chi connectivity index (χ3v) is 8.41. The molecule has 1 aliphatic rings. The summed E-state index contributed by atoms with van der Waals surface area (Å²) in [5, 5.41) is 0. The highest BCUT2D eigenvalue weighted by atomic mass is 79.9. The summed E-state index contributed by atoms with van der Waals surface area (Å²) in [7, 11) is -1.73. The number of piperazine rings is 1. The fourth-order valence-corrected chi connectivity index (χ4v) is 6.49. The molecule has 0 unspecified atom stereocenters. The van der Waals surface area contributed by atoms with Gasteiger partial charge in [-0.15, -0.1) is 11.3 Å². The number of ether oxygens (including phenoxy) is 2. The SMILES string of the molecule is COc1ccc(OCCCN2CCN(S(=O)(=O)c3ccc(Br)s3)CC2)cc1. The first-order valence-electron chi connectivity index (χ1n) is 8.74. The summed E-state index contributed by atoms with van der Waals surface area (Å²) in [6.45, 7) is 4.07. The smallest absolute Gasteiger partial charge is 0.252 e. The molecule has 0 aliphatic carbocycles. The Labute approximate surface area is 172 Å². The third-order valence-electron chi connectivity index (χ3n) is 4.42. The summed E-state index contributed by atoms with van der Waals surface area (Å²) in [6.07, 6.45) is 0.899. The minimum atomic E-state index is -3.37. The zero-order valence-corrected chi connectivity index (χ0v) is 18.4. The average molecular weight is 475 g/mol. The number of nitrogens with zero attached hydrogens (tertiary/aromatic N) is 2. The average Bonchev–Trinajstić information content (AvgIpc) is 3.13. The first-order valence-corrected chi connectivity index (χ1v) is 11.8. The van der Waals surface area contributed by atoms with Gasteiger partial charge in [0.1, 0.15) is 15.7 Å². The molecule has 27 heavy (non-hydrogen) atoms. The predicted octanol–water partition coefficient (Wildman–Crippen LogP) is 3.29. The number of rotatable bonds is 8. The van der Waals surface area contributed by atoms with E-state index in [1.54, 1.807) is 23.5 Å². The molecule has 148 valence electrons. The minimum Gasteiger partial charge on any atom is -0.497 e. The second kappa shape index (κ2) is 9.38. The van der Waals surface area contributed by atoms with E-state index in [0.29, 0.717) is 23.9 Å². The fraction of sp³-hybridized carbons (Fsp3) is 0.444. The molecule has 0 radical (unpaired) electrons. The van der Waals surface area contributed by atoms with Gasteiger partial charge in [0.2, 0.25) is 0 Å². The van der Waals surface area contributed by atoms with E-state index in [1.165, 1.54) is 11.3 Å². The van der Waals surface area contributed by atoms with E-state index in [0.717, 1.165) is 41.3 Å². The highest BCUT2D eigenvalue weighted by Crippen LogP contribution is 2.29. The van der Waals surface area contributed by atoms with Crippen molar-refractivity contribution in [2.45, 2.75) is 10.6 Å². The number of hydrogen-bond acceptors (Lipinski definition) is 6. The van der Waals surface area contributed by atoms with Gasteiger partial charge in [0, 0.05) is 32.7 Å². The first kappa shape index (κ1) is 20.6. The van der Waals surface area contributed by atoms with Crippen molar-refractivity contribution in [3.63, 3.8) is 0 Å². The summed E-state index contributed by atoms with van der Waals surface area (Å²) in [4.78, 5) is 2.29. The highest BCUT2D eigenvalue weighted by molar-refractivity contribution is 9.11. The molecule has 0 atom stereocenters. The number of methoxy groups -OCH3 is 1. The van der Waals surface area contributed by atoms with Gasteiger partial charge in [-0.05, 0) is 58.7 Å². The second-order valence-corrected chi connectivity index (χ2v) is 10.8. The van der Waals surface area contributed by atoms with E-state index >= 15 is 0 Å². The van der Waals surface area contributed by atoms with Crippen molar-refractivity contribution in [1.82, 2.24) is 9.21 Å². The largest absolute Gasteiger partial charge is 0.497 e. The third kappa shape index (κ3) is 5.45. The van der Waals surface area contributed by atoms with Gasteiger partial charge in [-0.25, -0.2) is 8.42 Å². The van der Waals surface area contributed by atoms with Crippen molar-refractivity contribution >= 4 is 37.3 Å². The number of thiophene rings is 1. The van der Waals surface area contributed by atoms with E-state index in [1.807, 2.05) is 24.3 Å². The molecule has 9 heteroatoms. The normalized spacial score (nSPS) is 16.4. The Morgan fingerprint density at radius 1 is 1.04 bits per heavy atom. The minimum absolute atomic E-state index is 0.399. The van der Waals surface area contributed by atoms with Crippen LogP contribution in [0.2, 0.25) is 0 Å². The van der Waals surface area contributed by atoms with Gasteiger partial charge in [-0.1, -0.05) is 0 Å². The maximum absolute atomic E-state index is 12.6. The van der Waals surface area contributed by atoms with Gasteiger partial charge in [0.25, 0.3) is 10.0 Å². The zero-order valence-electron chi connectivity index (χ0n) is 15.1. The molecule has 0 spiro atoms. The Morgan fingerprint density at radius 2 is 1.70 bits per heavy atom. The summed E-state index contributed by atoms with van der Waals surface area (Å²) in [6, 6.07) is 11.0. The number of benzene rings is 1. The summed E-state index contributed by atoms with van der Waals surface area (Å²) >= 11 is 4.58. The number of halogens is 1. The van der Waals surface area contributed by atoms with Crippen LogP contribution >= 0.6 is 27.3 Å². The molecule has 6 nitrogen and oxygen atoms in total. The first-order chi connectivity index (χ1) is 13.0. The monoisotopic (exact) mass is 474 g/mol. The molecule has 0 saturated carbocycles. The number of hydrogen-bond donors (Lipinski definition) is 0. The van der Waals surface area contributed by atoms with Crippen LogP contribution in [0.15, 0.2) is 44.4 Å². The maximum atomic E-state index is 12.6. The standard InChI is InChI=1S/C18H23BrN2O4S2/c1-24-15-3-5-16(6-4-15)25-14-2-9-20-10-12-21(13-11-20)27(22,23)18-8-7-17(19)26-18/h3-8H,2,9-14H2,1H3. The van der Waals surface area contributed by atoms with E-state index in [4.69, 9.17) is 9.47 Å². The van der Waals surface area contributed by atoms with E-state index < -0.39 is 10.0 Å². The fourth-order valence-electron chi connectivity index (χ4n) is 2.91. The molecule has 2 aromatic rings. The molecular formula is C18H23BrN2O4S2. The van der Waals surface area contributed by atoms with Crippen LogP contribution in [0.3, 0.4) is 0 Å². The lowest BCUT2D eigenvalue weighted by molar-refractivity contribution is 0.175. The lowest BCUT2D eigenvalue weighted by Crippen LogP contribution is -2.48. The van der Waals surface area contributed by atoms with Crippen LogP contribution in [0, 0.1) is 0 Å². The number of sulfonamides is 1. The lowest BCUT2D eigenvalue weighted by atomic mass is 10.3. The van der Waals surface area contributed by atoms with Crippen LogP contribution in [-0.2, 0) is 10.0 Å². The molecule has 0 N–H and O–H groups in total. The Balaban J connectivity index is 1.39. The van der Waals surface area contributed by atoms with Gasteiger partial charge < -0.3 is 14.4 Å². The van der Waals surface area contributed by atoms with Crippen molar-refractivity contribution < 1.29 is 17.9 Å². The van der Waals surface area contributed by atoms with Gasteiger partial charge in [0.15, 0.2) is 0 Å². The van der Waals surface area contributed by atoms with Gasteiger partial charge in [-0.2, -0.15) is 4.31 Å². The molecule has 1 aliphatic heterocycles. The molecular weight excluding hydrogens is 452 g/mol. The molecule has 0 bridgehead atoms. The summed E-state index contributed by atoms with van der Waals surface area (Å²) in [5.41, 5.74) is 0. The molecule has 1 fully saturated rings. The van der Waals surface area contributed by atoms with Gasteiger partial charge in [-0.3, -0.25) is 0 Å². The van der Waals surface area contributed by atoms with Crippen LogP contribution in [0.5, 0.6) is 11.5 Å². The van der Waals surface area contributed by atoms with Crippen molar-refractivity contribution in [1.29, 1.82) is 0 Å². The van der Waals surface area contributed by atoms with Crippen molar-refractivity contribution in [2.75, 3.05) is 46.4 Å². The molecule has 1 aromatic heterocycles. The Morgan fingerprint density at radius 3 is 2.30 bits per heavy atom. The zero-order chi connectivity index (χ0) is 19.3. The van der Waals surface area contributed by atoms with E-state index in [9.17, 15) is 8.42 Å².